The highest BCUT2D eigenvalue weighted by Crippen LogP contribution is 2.38. The first-order valence-electron chi connectivity index (χ1n) is 7.31. The van der Waals surface area contributed by atoms with Gasteiger partial charge in [-0.3, -0.25) is 9.59 Å². The van der Waals surface area contributed by atoms with Crippen LogP contribution in [0.1, 0.15) is 5.56 Å². The van der Waals surface area contributed by atoms with Crippen LogP contribution < -0.4 is 4.90 Å². The molecule has 1 heterocycles. The summed E-state index contributed by atoms with van der Waals surface area (Å²) in [7, 11) is 0. The largest absolute Gasteiger partial charge is 0.396 e. The van der Waals surface area contributed by atoms with E-state index in [1.54, 1.807) is 36.4 Å². The summed E-state index contributed by atoms with van der Waals surface area (Å²) in [4.78, 5) is 27.2. The van der Waals surface area contributed by atoms with E-state index in [1.807, 2.05) is 18.2 Å². The Morgan fingerprint density at radius 2 is 1.75 bits per heavy atom. The Morgan fingerprint density at radius 1 is 1.00 bits per heavy atom. The molecule has 0 saturated heterocycles. The second-order valence-corrected chi connectivity index (χ2v) is 6.61. The van der Waals surface area contributed by atoms with Gasteiger partial charge in [0.1, 0.15) is 0 Å². The van der Waals surface area contributed by atoms with Crippen molar-refractivity contribution in [3.8, 4) is 0 Å². The number of anilines is 1. The summed E-state index contributed by atoms with van der Waals surface area (Å²) in [6.45, 7) is -0.0745. The van der Waals surface area contributed by atoms with Crippen LogP contribution in [0.25, 0.3) is 5.57 Å². The number of carbonyl (C=O) groups is 2. The third kappa shape index (κ3) is 3.11. The molecule has 122 valence electrons. The summed E-state index contributed by atoms with van der Waals surface area (Å²) >= 11 is 7.18. The molecule has 0 radical (unpaired) electrons. The van der Waals surface area contributed by atoms with Gasteiger partial charge in [-0.25, -0.2) is 4.90 Å². The van der Waals surface area contributed by atoms with Crippen molar-refractivity contribution in [2.24, 2.45) is 0 Å². The van der Waals surface area contributed by atoms with Crippen LogP contribution >= 0.6 is 23.4 Å². The standard InChI is InChI=1S/C18H14ClNO3S/c19-13-7-4-8-14(11-13)20-17(22)15(12-5-2-1-3-6-12)16(18(20)23)24-10-9-21/h1-8,11,21H,9-10H2. The Bertz CT molecular complexity index is 820. The first-order chi connectivity index (χ1) is 11.6. The van der Waals surface area contributed by atoms with E-state index >= 15 is 0 Å². The van der Waals surface area contributed by atoms with Gasteiger partial charge in [-0.15, -0.1) is 11.8 Å². The average molecular weight is 360 g/mol. The van der Waals surface area contributed by atoms with Gasteiger partial charge in [0.2, 0.25) is 0 Å². The molecule has 2 amide bonds. The molecule has 0 bridgehead atoms. The number of aliphatic hydroxyl groups excluding tert-OH is 1. The van der Waals surface area contributed by atoms with Gasteiger partial charge in [0.15, 0.2) is 0 Å². The number of amides is 2. The van der Waals surface area contributed by atoms with Gasteiger partial charge >= 0.3 is 0 Å². The predicted octanol–water partition coefficient (Wildman–Crippen LogP) is 3.35. The molecule has 0 saturated carbocycles. The van der Waals surface area contributed by atoms with Crippen LogP contribution in [0, 0.1) is 0 Å². The molecule has 24 heavy (non-hydrogen) atoms. The van der Waals surface area contributed by atoms with Crippen LogP contribution in [0.15, 0.2) is 59.5 Å². The number of hydrogen-bond donors (Lipinski definition) is 1. The molecule has 4 nitrogen and oxygen atoms in total. The lowest BCUT2D eigenvalue weighted by Gasteiger charge is -2.15. The first-order valence-corrected chi connectivity index (χ1v) is 8.67. The van der Waals surface area contributed by atoms with Gasteiger partial charge in [0.05, 0.1) is 22.8 Å². The fourth-order valence-electron chi connectivity index (χ4n) is 2.50. The number of imide groups is 1. The highest BCUT2D eigenvalue weighted by atomic mass is 35.5. The average Bonchev–Trinajstić information content (AvgIpc) is 2.84. The van der Waals surface area contributed by atoms with E-state index in [0.717, 1.165) is 4.90 Å². The lowest BCUT2D eigenvalue weighted by molar-refractivity contribution is -0.119. The van der Waals surface area contributed by atoms with Crippen LogP contribution in [0.3, 0.4) is 0 Å². The molecule has 0 fully saturated rings. The molecule has 6 heteroatoms. The Hall–Kier alpha value is -2.08. The van der Waals surface area contributed by atoms with Crippen LogP contribution in [-0.2, 0) is 9.59 Å². The van der Waals surface area contributed by atoms with Crippen molar-refractivity contribution in [2.75, 3.05) is 17.3 Å². The predicted molar refractivity (Wildman–Crippen MR) is 96.9 cm³/mol. The van der Waals surface area contributed by atoms with Crippen molar-refractivity contribution in [3.63, 3.8) is 0 Å². The van der Waals surface area contributed by atoms with Crippen LogP contribution in [0.2, 0.25) is 5.02 Å². The minimum absolute atomic E-state index is 0.0745. The Balaban J connectivity index is 2.07. The summed E-state index contributed by atoms with van der Waals surface area (Å²) in [6.07, 6.45) is 0. The molecule has 0 aromatic heterocycles. The third-order valence-corrected chi connectivity index (χ3v) is 4.80. The van der Waals surface area contributed by atoms with Gasteiger partial charge in [-0.1, -0.05) is 48.0 Å². The molecule has 1 aliphatic rings. The van der Waals surface area contributed by atoms with Crippen LogP contribution in [0.4, 0.5) is 5.69 Å². The van der Waals surface area contributed by atoms with E-state index in [2.05, 4.69) is 0 Å². The zero-order valence-corrected chi connectivity index (χ0v) is 14.2. The lowest BCUT2D eigenvalue weighted by atomic mass is 10.1. The second kappa shape index (κ2) is 7.21. The maximum atomic E-state index is 12.9. The lowest BCUT2D eigenvalue weighted by Crippen LogP contribution is -2.31. The monoisotopic (exact) mass is 359 g/mol. The topological polar surface area (TPSA) is 57.6 Å². The molecule has 0 aliphatic carbocycles. The van der Waals surface area contributed by atoms with Crippen molar-refractivity contribution >= 4 is 46.4 Å². The normalized spacial score (nSPS) is 14.7. The molecule has 3 rings (SSSR count). The van der Waals surface area contributed by atoms with Gasteiger partial charge in [0.25, 0.3) is 11.8 Å². The molecule has 0 unspecified atom stereocenters. The van der Waals surface area contributed by atoms with Crippen molar-refractivity contribution in [1.82, 2.24) is 0 Å². The summed E-state index contributed by atoms with van der Waals surface area (Å²) in [5, 5.41) is 9.53. The minimum atomic E-state index is -0.389. The van der Waals surface area contributed by atoms with E-state index in [-0.39, 0.29) is 18.4 Å². The van der Waals surface area contributed by atoms with Crippen LogP contribution in [0.5, 0.6) is 0 Å². The number of benzene rings is 2. The maximum absolute atomic E-state index is 12.9. The zero-order valence-electron chi connectivity index (χ0n) is 12.6. The SMILES string of the molecule is O=C1C(SCCO)=C(c2ccccc2)C(=O)N1c1cccc(Cl)c1. The molecular formula is C18H14ClNO3S. The van der Waals surface area contributed by atoms with Crippen molar-refractivity contribution in [2.45, 2.75) is 0 Å². The van der Waals surface area contributed by atoms with Gasteiger partial charge in [0, 0.05) is 10.8 Å². The number of thioether (sulfide) groups is 1. The summed E-state index contributed by atoms with van der Waals surface area (Å²) in [6, 6.07) is 15.7. The smallest absolute Gasteiger partial charge is 0.272 e. The van der Waals surface area contributed by atoms with E-state index in [4.69, 9.17) is 16.7 Å². The fourth-order valence-corrected chi connectivity index (χ4v) is 3.54. The number of halogens is 1. The van der Waals surface area contributed by atoms with Crippen molar-refractivity contribution < 1.29 is 14.7 Å². The van der Waals surface area contributed by atoms with Crippen LogP contribution in [-0.4, -0.2) is 29.3 Å². The number of carbonyl (C=O) groups excluding carboxylic acids is 2. The van der Waals surface area contributed by atoms with E-state index in [9.17, 15) is 9.59 Å². The zero-order chi connectivity index (χ0) is 17.1. The van der Waals surface area contributed by atoms with Crippen molar-refractivity contribution in [3.05, 3.63) is 70.1 Å². The number of hydrogen-bond acceptors (Lipinski definition) is 4. The molecule has 1 N–H and O–H groups in total. The fraction of sp³-hybridized carbons (Fsp3) is 0.111. The molecular weight excluding hydrogens is 346 g/mol. The van der Waals surface area contributed by atoms with E-state index in [0.29, 0.717) is 32.5 Å². The second-order valence-electron chi connectivity index (χ2n) is 5.07. The molecule has 2 aromatic carbocycles. The molecule has 1 aliphatic heterocycles. The minimum Gasteiger partial charge on any atom is -0.396 e. The number of nitrogens with zero attached hydrogens (tertiary/aromatic N) is 1. The molecule has 2 aromatic rings. The third-order valence-electron chi connectivity index (χ3n) is 3.51. The highest BCUT2D eigenvalue weighted by Gasteiger charge is 2.40. The Labute approximate surface area is 148 Å². The van der Waals surface area contributed by atoms with Gasteiger partial charge in [-0.2, -0.15) is 0 Å². The van der Waals surface area contributed by atoms with Crippen molar-refractivity contribution in [1.29, 1.82) is 0 Å². The number of aliphatic hydroxyl groups is 1. The summed E-state index contributed by atoms with van der Waals surface area (Å²) < 4.78 is 0. The Morgan fingerprint density at radius 3 is 2.42 bits per heavy atom. The summed E-state index contributed by atoms with van der Waals surface area (Å²) in [5.74, 6) is -0.429. The van der Waals surface area contributed by atoms with Gasteiger partial charge < -0.3 is 5.11 Å². The maximum Gasteiger partial charge on any atom is 0.272 e. The summed E-state index contributed by atoms with van der Waals surface area (Å²) in [5.41, 5.74) is 1.48. The quantitative estimate of drug-likeness (QED) is 0.832. The van der Waals surface area contributed by atoms with Gasteiger partial charge in [-0.05, 0) is 23.8 Å². The molecule has 0 spiro atoms. The number of rotatable bonds is 5. The van der Waals surface area contributed by atoms with E-state index in [1.165, 1.54) is 11.8 Å². The molecule has 0 atom stereocenters. The first kappa shape index (κ1) is 16.8. The Kier molecular flexibility index (Phi) is 5.04. The van der Waals surface area contributed by atoms with E-state index < -0.39 is 0 Å². The highest BCUT2D eigenvalue weighted by molar-refractivity contribution is 8.04.